The Balaban J connectivity index is 1.55. The van der Waals surface area contributed by atoms with Crippen LogP contribution in [0, 0.1) is 0 Å². The zero-order valence-electron chi connectivity index (χ0n) is 21.6. The summed E-state index contributed by atoms with van der Waals surface area (Å²) in [5.74, 6) is -5.08. The predicted molar refractivity (Wildman–Crippen MR) is 143 cm³/mol. The number of fused-ring (bicyclic) bond motifs is 2. The molecule has 0 radical (unpaired) electrons. The summed E-state index contributed by atoms with van der Waals surface area (Å²) >= 11 is 0. The Kier molecular flexibility index (Phi) is 6.24. The number of hydrogen-bond acceptors (Lipinski definition) is 12. The minimum Gasteiger partial charge on any atom is -0.508 e. The SMILES string of the molecule is Oc1cc(O)c2c(c1)OC(c1ccc(O)c(O)c1)[C@H](O)[C@H]2c1c(O)cc(O)c2c1O[C@H](c1ccc(O)c(O)c1)[C@H](O)C2. The van der Waals surface area contributed by atoms with Crippen LogP contribution in [0.15, 0.2) is 54.6 Å². The molecule has 6 rings (SSSR count). The van der Waals surface area contributed by atoms with E-state index in [0.717, 1.165) is 12.1 Å². The van der Waals surface area contributed by atoms with Gasteiger partial charge in [-0.05, 0) is 35.4 Å². The van der Waals surface area contributed by atoms with Crippen molar-refractivity contribution in [3.8, 4) is 57.5 Å². The van der Waals surface area contributed by atoms with Gasteiger partial charge < -0.3 is 60.5 Å². The van der Waals surface area contributed by atoms with Gasteiger partial charge in [0, 0.05) is 41.3 Å². The second kappa shape index (κ2) is 9.72. The Morgan fingerprint density at radius 2 is 1.14 bits per heavy atom. The van der Waals surface area contributed by atoms with Crippen LogP contribution in [0.2, 0.25) is 0 Å². The summed E-state index contributed by atoms with van der Waals surface area (Å²) in [5, 5.41) is 105. The van der Waals surface area contributed by atoms with Gasteiger partial charge in [-0.3, -0.25) is 0 Å². The van der Waals surface area contributed by atoms with Crippen molar-refractivity contribution in [1.29, 1.82) is 0 Å². The van der Waals surface area contributed by atoms with Crippen molar-refractivity contribution in [3.05, 3.63) is 82.4 Å². The number of aromatic hydroxyl groups is 8. The second-order valence-corrected chi connectivity index (χ2v) is 10.3. The van der Waals surface area contributed by atoms with Crippen LogP contribution in [-0.2, 0) is 6.42 Å². The van der Waals surface area contributed by atoms with Crippen LogP contribution in [0.25, 0.3) is 0 Å². The normalized spacial score (nSPS) is 22.9. The van der Waals surface area contributed by atoms with E-state index >= 15 is 0 Å². The first kappa shape index (κ1) is 27.0. The molecule has 0 saturated carbocycles. The van der Waals surface area contributed by atoms with E-state index in [9.17, 15) is 51.1 Å². The van der Waals surface area contributed by atoms with Crippen molar-refractivity contribution in [2.24, 2.45) is 0 Å². The quantitative estimate of drug-likeness (QED) is 0.159. The first-order valence-electron chi connectivity index (χ1n) is 12.8. The maximum Gasteiger partial charge on any atom is 0.157 e. The van der Waals surface area contributed by atoms with Gasteiger partial charge in [-0.2, -0.15) is 0 Å². The van der Waals surface area contributed by atoms with Crippen molar-refractivity contribution in [2.75, 3.05) is 0 Å². The molecule has 42 heavy (non-hydrogen) atoms. The molecule has 2 aliphatic heterocycles. The van der Waals surface area contributed by atoms with E-state index in [-0.39, 0.29) is 51.5 Å². The van der Waals surface area contributed by atoms with Gasteiger partial charge in [0.1, 0.15) is 46.7 Å². The number of phenolic OH excluding ortho intramolecular Hbond substituents is 8. The van der Waals surface area contributed by atoms with E-state index in [1.165, 1.54) is 42.5 Å². The topological polar surface area (TPSA) is 221 Å². The standard InChI is InChI=1S/C30H26O12/c31-13-7-20(37)24-23(8-13)41-29(12-2-4-16(33)19(36)6-12)27(40)26(24)25-21(38)10-17(34)14-9-22(39)28(42-30(14)25)11-1-3-15(32)18(35)5-11/h1-8,10,22,26-29,31-40H,9H2/t22-,26-,27-,28-,29?/m1/s1. The van der Waals surface area contributed by atoms with Crippen LogP contribution in [-0.4, -0.2) is 63.3 Å². The summed E-state index contributed by atoms with van der Waals surface area (Å²) in [5.41, 5.74) is 0.435. The highest BCUT2D eigenvalue weighted by atomic mass is 16.5. The Morgan fingerprint density at radius 1 is 0.548 bits per heavy atom. The van der Waals surface area contributed by atoms with Crippen molar-refractivity contribution in [3.63, 3.8) is 0 Å². The van der Waals surface area contributed by atoms with E-state index in [2.05, 4.69) is 0 Å². The maximum atomic E-state index is 11.8. The molecule has 4 aromatic carbocycles. The minimum absolute atomic E-state index is 0.0312. The average Bonchev–Trinajstić information content (AvgIpc) is 2.93. The van der Waals surface area contributed by atoms with E-state index in [1.807, 2.05) is 0 Å². The molecule has 12 nitrogen and oxygen atoms in total. The van der Waals surface area contributed by atoms with E-state index in [1.54, 1.807) is 0 Å². The summed E-state index contributed by atoms with van der Waals surface area (Å²) in [7, 11) is 0. The second-order valence-electron chi connectivity index (χ2n) is 10.3. The van der Waals surface area contributed by atoms with Crippen LogP contribution in [0.3, 0.4) is 0 Å². The fraction of sp³-hybridized carbons (Fsp3) is 0.200. The number of aliphatic hydroxyl groups is 2. The zero-order valence-corrected chi connectivity index (χ0v) is 21.6. The van der Waals surface area contributed by atoms with Crippen molar-refractivity contribution in [2.45, 2.75) is 36.8 Å². The summed E-state index contributed by atoms with van der Waals surface area (Å²) in [4.78, 5) is 0. The van der Waals surface area contributed by atoms with Gasteiger partial charge in [-0.25, -0.2) is 0 Å². The van der Waals surface area contributed by atoms with Crippen molar-refractivity contribution >= 4 is 0 Å². The number of rotatable bonds is 3. The molecule has 0 aliphatic carbocycles. The van der Waals surface area contributed by atoms with Crippen LogP contribution >= 0.6 is 0 Å². The first-order chi connectivity index (χ1) is 19.9. The lowest BCUT2D eigenvalue weighted by Crippen LogP contribution is -2.36. The van der Waals surface area contributed by atoms with Gasteiger partial charge in [0.05, 0.1) is 12.0 Å². The molecule has 0 spiro atoms. The van der Waals surface area contributed by atoms with Crippen molar-refractivity contribution < 1.29 is 60.5 Å². The molecule has 0 amide bonds. The number of ether oxygens (including phenoxy) is 2. The Hall–Kier alpha value is -5.20. The molecular formula is C30H26O12. The summed E-state index contributed by atoms with van der Waals surface area (Å²) in [6.45, 7) is 0. The lowest BCUT2D eigenvalue weighted by atomic mass is 9.77. The molecule has 2 aliphatic rings. The molecule has 0 fully saturated rings. The zero-order chi connectivity index (χ0) is 30.0. The third-order valence-corrected chi connectivity index (χ3v) is 7.67. The molecule has 5 atom stereocenters. The summed E-state index contributed by atoms with van der Waals surface area (Å²) in [6, 6.07) is 10.8. The smallest absolute Gasteiger partial charge is 0.157 e. The molecule has 10 N–H and O–H groups in total. The minimum atomic E-state index is -1.59. The van der Waals surface area contributed by atoms with Crippen LogP contribution in [0.5, 0.6) is 57.5 Å². The lowest BCUT2D eigenvalue weighted by Gasteiger charge is -2.40. The predicted octanol–water partition coefficient (Wildman–Crippen LogP) is 3.00. The Labute approximate surface area is 237 Å². The summed E-state index contributed by atoms with van der Waals surface area (Å²) < 4.78 is 12.1. The van der Waals surface area contributed by atoms with E-state index in [4.69, 9.17) is 9.47 Å². The highest BCUT2D eigenvalue weighted by Gasteiger charge is 2.46. The molecule has 2 heterocycles. The van der Waals surface area contributed by atoms with Gasteiger partial charge in [-0.15, -0.1) is 0 Å². The molecule has 0 aromatic heterocycles. The largest absolute Gasteiger partial charge is 0.508 e. The molecule has 12 heteroatoms. The van der Waals surface area contributed by atoms with Crippen molar-refractivity contribution in [1.82, 2.24) is 0 Å². The van der Waals surface area contributed by atoms with E-state index < -0.39 is 70.6 Å². The molecule has 0 saturated heterocycles. The highest BCUT2D eigenvalue weighted by Crippen LogP contribution is 2.57. The number of phenols is 8. The number of hydrogen-bond donors (Lipinski definition) is 10. The van der Waals surface area contributed by atoms with Gasteiger partial charge in [-0.1, -0.05) is 12.1 Å². The van der Waals surface area contributed by atoms with E-state index in [0.29, 0.717) is 0 Å². The van der Waals surface area contributed by atoms with Gasteiger partial charge >= 0.3 is 0 Å². The average molecular weight is 579 g/mol. The Bertz CT molecular complexity index is 1720. The lowest BCUT2D eigenvalue weighted by molar-refractivity contribution is 0.00115. The first-order valence-corrected chi connectivity index (χ1v) is 12.8. The fourth-order valence-corrected chi connectivity index (χ4v) is 5.71. The molecule has 218 valence electrons. The van der Waals surface area contributed by atoms with Gasteiger partial charge in [0.2, 0.25) is 0 Å². The van der Waals surface area contributed by atoms with Crippen LogP contribution in [0.4, 0.5) is 0 Å². The van der Waals surface area contributed by atoms with Gasteiger partial charge in [0.25, 0.3) is 0 Å². The number of aliphatic hydroxyl groups excluding tert-OH is 2. The molecule has 1 unspecified atom stereocenters. The van der Waals surface area contributed by atoms with Crippen LogP contribution in [0.1, 0.15) is 45.9 Å². The Morgan fingerprint density at radius 3 is 1.76 bits per heavy atom. The third kappa shape index (κ3) is 4.24. The monoisotopic (exact) mass is 578 g/mol. The fourth-order valence-electron chi connectivity index (χ4n) is 5.71. The van der Waals surface area contributed by atoms with Crippen LogP contribution < -0.4 is 9.47 Å². The highest BCUT2D eigenvalue weighted by molar-refractivity contribution is 5.65. The van der Waals surface area contributed by atoms with Gasteiger partial charge in [0.15, 0.2) is 29.1 Å². The maximum absolute atomic E-state index is 11.8. The molecule has 4 aromatic rings. The number of benzene rings is 4. The molecule has 0 bridgehead atoms. The summed E-state index contributed by atoms with van der Waals surface area (Å²) in [6.07, 6.45) is -5.43. The molecular weight excluding hydrogens is 552 g/mol. The third-order valence-electron chi connectivity index (χ3n) is 7.67.